The lowest BCUT2D eigenvalue weighted by atomic mass is 10.7. The molecule has 2 rings (SSSR count). The number of fused-ring (bicyclic) bond motifs is 1. The Morgan fingerprint density at radius 1 is 1.42 bits per heavy atom. The van der Waals surface area contributed by atoms with E-state index in [2.05, 4.69) is 20.6 Å². The zero-order chi connectivity index (χ0) is 8.72. The van der Waals surface area contributed by atoms with Gasteiger partial charge in [0.2, 0.25) is 0 Å². The zero-order valence-corrected chi connectivity index (χ0v) is 5.95. The van der Waals surface area contributed by atoms with E-state index in [4.69, 9.17) is 0 Å². The molecule has 0 aromatic carbocycles. The molecule has 0 atom stereocenters. The highest BCUT2D eigenvalue weighted by Gasteiger charge is 2.19. The molecule has 62 valence electrons. The Kier molecular flexibility index (Phi) is 1.09. The van der Waals surface area contributed by atoms with E-state index in [1.54, 1.807) is 0 Å². The number of hydrogen-bond donors (Lipinski definition) is 0. The lowest BCUT2D eigenvalue weighted by molar-refractivity contribution is -0.864. The van der Waals surface area contributed by atoms with E-state index < -0.39 is 0 Å². The van der Waals surface area contributed by atoms with E-state index in [1.807, 2.05) is 0 Å². The van der Waals surface area contributed by atoms with Crippen molar-refractivity contribution in [3.63, 3.8) is 0 Å². The summed E-state index contributed by atoms with van der Waals surface area (Å²) in [5, 5.41) is 34.6. The molecule has 0 spiro atoms. The number of hydrogen-bond acceptors (Lipinski definition) is 6. The largest absolute Gasteiger partial charge is 0.588 e. The van der Waals surface area contributed by atoms with Crippen molar-refractivity contribution < 1.29 is 9.80 Å². The number of aromatic nitrogens is 7. The fourth-order valence-corrected chi connectivity index (χ4v) is 0.787. The van der Waals surface area contributed by atoms with Crippen molar-refractivity contribution in [2.45, 2.75) is 0 Å². The van der Waals surface area contributed by atoms with E-state index in [1.165, 1.54) is 11.7 Å². The van der Waals surface area contributed by atoms with E-state index in [-0.39, 0.29) is 21.1 Å². The van der Waals surface area contributed by atoms with Crippen LogP contribution in [0.1, 0.15) is 0 Å². The third-order valence-corrected chi connectivity index (χ3v) is 1.30. The van der Waals surface area contributed by atoms with Crippen molar-refractivity contribution in [2.24, 2.45) is 7.05 Å². The third-order valence-electron chi connectivity index (χ3n) is 1.30. The van der Waals surface area contributed by atoms with Crippen LogP contribution in [0.3, 0.4) is 0 Å². The second-order valence-corrected chi connectivity index (χ2v) is 2.08. The average Bonchev–Trinajstić information content (AvgIpc) is 2.33. The molecule has 2 aromatic rings. The van der Waals surface area contributed by atoms with Crippen molar-refractivity contribution in [3.05, 3.63) is 10.4 Å². The molecule has 0 aliphatic carbocycles. The molecule has 0 aliphatic heterocycles. The van der Waals surface area contributed by atoms with Gasteiger partial charge in [0.15, 0.2) is 0 Å². The lowest BCUT2D eigenvalue weighted by Gasteiger charge is -1.89. The summed E-state index contributed by atoms with van der Waals surface area (Å²) in [7, 11) is 1.52. The van der Waals surface area contributed by atoms with Gasteiger partial charge in [-0.25, -0.2) is 4.68 Å². The van der Waals surface area contributed by atoms with Gasteiger partial charge in [0, 0.05) is 11.9 Å². The molecule has 12 heavy (non-hydrogen) atoms. The van der Waals surface area contributed by atoms with Crippen LogP contribution in [-0.4, -0.2) is 25.3 Å². The fourth-order valence-electron chi connectivity index (χ4n) is 0.787. The van der Waals surface area contributed by atoms with Crippen LogP contribution in [0.2, 0.25) is 0 Å². The van der Waals surface area contributed by atoms with E-state index >= 15 is 0 Å². The summed E-state index contributed by atoms with van der Waals surface area (Å²) in [6.45, 7) is 0. The van der Waals surface area contributed by atoms with Crippen LogP contribution in [0.25, 0.3) is 11.3 Å². The van der Waals surface area contributed by atoms with E-state index in [0.717, 1.165) is 0 Å². The first-order valence-electron chi connectivity index (χ1n) is 2.96. The van der Waals surface area contributed by atoms with Crippen LogP contribution < -0.4 is 9.80 Å². The molecule has 0 unspecified atom stereocenters. The van der Waals surface area contributed by atoms with Gasteiger partial charge in [-0.05, 0) is 0 Å². The average molecular weight is 169 g/mol. The first-order valence-corrected chi connectivity index (χ1v) is 2.96. The van der Waals surface area contributed by atoms with Crippen molar-refractivity contribution in [1.82, 2.24) is 25.3 Å². The number of nitrogens with zero attached hydrogens (tertiary/aromatic N) is 7. The van der Waals surface area contributed by atoms with E-state index in [0.29, 0.717) is 0 Å². The summed E-state index contributed by atoms with van der Waals surface area (Å²) in [4.78, 5) is -0.0129. The molecule has 0 fully saturated rings. The molecule has 2 heterocycles. The van der Waals surface area contributed by atoms with Gasteiger partial charge in [0.05, 0.1) is 5.10 Å². The Labute approximate surface area is 65.0 Å². The highest BCUT2D eigenvalue weighted by Crippen LogP contribution is 1.94. The van der Waals surface area contributed by atoms with Crippen LogP contribution in [0.15, 0.2) is 0 Å². The minimum absolute atomic E-state index is 0.0718. The molecule has 9 heteroatoms. The predicted molar refractivity (Wildman–Crippen MR) is 32.0 cm³/mol. The Hall–Kier alpha value is -2.06. The highest BCUT2D eigenvalue weighted by molar-refractivity contribution is 5.58. The smallest absolute Gasteiger partial charge is 0.416 e. The van der Waals surface area contributed by atoms with Crippen molar-refractivity contribution in [2.75, 3.05) is 0 Å². The summed E-state index contributed by atoms with van der Waals surface area (Å²) < 4.78 is 1.21. The van der Waals surface area contributed by atoms with Gasteiger partial charge < -0.3 is 10.4 Å². The summed E-state index contributed by atoms with van der Waals surface area (Å²) in [5.74, 6) is 0. The normalized spacial score (nSPS) is 10.8. The monoisotopic (exact) mass is 169 g/mol. The summed E-state index contributed by atoms with van der Waals surface area (Å²) in [6, 6.07) is 0. The predicted octanol–water partition coefficient (Wildman–Crippen LogP) is -2.97. The molecule has 0 amide bonds. The molecule has 0 N–H and O–H groups in total. The number of aryl methyl sites for hydroxylation is 1. The first-order chi connectivity index (χ1) is 5.68. The molecule has 0 bridgehead atoms. The first kappa shape index (κ1) is 6.64. The maximum absolute atomic E-state index is 10.8. The molecule has 0 radical (unpaired) electrons. The second kappa shape index (κ2) is 1.96. The SMILES string of the molecule is Cn1nnc2c1n[n+]([O-])n[n+]2[O-]. The fraction of sp³-hybridized carbons (Fsp3) is 0.333. The van der Waals surface area contributed by atoms with Crippen LogP contribution in [0.5, 0.6) is 0 Å². The summed E-state index contributed by atoms with van der Waals surface area (Å²) in [5.41, 5.74) is 0.0135. The van der Waals surface area contributed by atoms with Crippen LogP contribution in [0, 0.1) is 10.4 Å². The molecule has 9 nitrogen and oxygen atoms in total. The van der Waals surface area contributed by atoms with Gasteiger partial charge in [-0.15, -0.1) is 0 Å². The Morgan fingerprint density at radius 2 is 2.17 bits per heavy atom. The number of rotatable bonds is 0. The van der Waals surface area contributed by atoms with Crippen molar-refractivity contribution >= 4 is 11.3 Å². The van der Waals surface area contributed by atoms with Gasteiger partial charge >= 0.3 is 16.5 Å². The quantitative estimate of drug-likeness (QED) is 0.307. The molecule has 2 aromatic heterocycles. The van der Waals surface area contributed by atoms with Crippen molar-refractivity contribution in [1.29, 1.82) is 0 Å². The highest BCUT2D eigenvalue weighted by atomic mass is 16.6. The molecule has 0 aliphatic rings. The molecule has 0 saturated carbocycles. The third kappa shape index (κ3) is 0.727. The van der Waals surface area contributed by atoms with Gasteiger partial charge in [-0.3, -0.25) is 0 Å². The maximum atomic E-state index is 10.8. The zero-order valence-electron chi connectivity index (χ0n) is 5.95. The van der Waals surface area contributed by atoms with Gasteiger partial charge in [0.25, 0.3) is 0 Å². The van der Waals surface area contributed by atoms with E-state index in [9.17, 15) is 10.4 Å². The van der Waals surface area contributed by atoms with Crippen molar-refractivity contribution in [3.8, 4) is 0 Å². The summed E-state index contributed by atoms with van der Waals surface area (Å²) in [6.07, 6.45) is 0. The standard InChI is InChI=1S/C3H3N7O2/c1-8-3-2(4-6-8)9(11)7-10(12)5-3/h1H3. The van der Waals surface area contributed by atoms with Crippen LogP contribution in [0.4, 0.5) is 0 Å². The van der Waals surface area contributed by atoms with Gasteiger partial charge in [-0.2, -0.15) is 0 Å². The Bertz CT molecular complexity index is 435. The Morgan fingerprint density at radius 3 is 2.92 bits per heavy atom. The molecule has 0 saturated heterocycles. The van der Waals surface area contributed by atoms with Gasteiger partial charge in [-0.1, -0.05) is 10.3 Å². The summed E-state index contributed by atoms with van der Waals surface area (Å²) >= 11 is 0. The minimum atomic E-state index is -0.0846. The Balaban J connectivity index is 2.92. The minimum Gasteiger partial charge on any atom is -0.588 e. The molecular formula is C3H3N7O2. The second-order valence-electron chi connectivity index (χ2n) is 2.08. The lowest BCUT2D eigenvalue weighted by Crippen LogP contribution is -2.50. The van der Waals surface area contributed by atoms with Crippen LogP contribution >= 0.6 is 0 Å². The van der Waals surface area contributed by atoms with Gasteiger partial charge in [0.1, 0.15) is 4.96 Å². The van der Waals surface area contributed by atoms with Crippen LogP contribution in [-0.2, 0) is 7.05 Å². The topological polar surface area (TPSA) is 110 Å². The maximum Gasteiger partial charge on any atom is 0.416 e. The molecular weight excluding hydrogens is 166 g/mol.